The highest BCUT2D eigenvalue weighted by Gasteiger charge is 2.17. The fraction of sp³-hybridized carbons (Fsp3) is 0.0909. The van der Waals surface area contributed by atoms with Crippen molar-refractivity contribution in [3.8, 4) is 0 Å². The van der Waals surface area contributed by atoms with Crippen LogP contribution in [0.3, 0.4) is 0 Å². The van der Waals surface area contributed by atoms with Crippen molar-refractivity contribution in [1.82, 2.24) is 0 Å². The zero-order valence-corrected chi connectivity index (χ0v) is 8.62. The topological polar surface area (TPSA) is 99.8 Å². The van der Waals surface area contributed by atoms with Gasteiger partial charge in [0, 0.05) is 11.3 Å². The van der Waals surface area contributed by atoms with E-state index in [1.165, 1.54) is 0 Å². The summed E-state index contributed by atoms with van der Waals surface area (Å²) in [5.74, 6) is 0. The Morgan fingerprint density at radius 3 is 2.62 bits per heavy atom. The van der Waals surface area contributed by atoms with Crippen LogP contribution >= 0.6 is 0 Å². The molecule has 0 saturated carbocycles. The number of benzene rings is 1. The van der Waals surface area contributed by atoms with Gasteiger partial charge >= 0.3 is 0 Å². The normalized spacial score (nSPS) is 10.6. The molecule has 6 N–H and O–H groups in total. The minimum Gasteiger partial charge on any atom is -0.394 e. The van der Waals surface area contributed by atoms with Gasteiger partial charge in [-0.2, -0.15) is 0 Å². The molecule has 0 aliphatic heterocycles. The smallest absolute Gasteiger partial charge is 0.253 e. The summed E-state index contributed by atoms with van der Waals surface area (Å²) in [5.41, 5.74) is 9.97. The van der Waals surface area contributed by atoms with E-state index in [0.29, 0.717) is 6.54 Å². The standard InChI is InChI=1S/C11H11N3O2/c12-5-6-2-1-3-7(4-6)14-9-8(13)10(15)11(9)16/h1-4,14H,5,12-13H2/p+1. The van der Waals surface area contributed by atoms with Crippen molar-refractivity contribution in [2.75, 3.05) is 11.1 Å². The summed E-state index contributed by atoms with van der Waals surface area (Å²) in [7, 11) is 0. The SMILES string of the molecule is Nc1c(Nc2cccc(C[NH3+])c2)c(=O)c1=O. The zero-order chi connectivity index (χ0) is 11.7. The molecule has 0 heterocycles. The van der Waals surface area contributed by atoms with E-state index >= 15 is 0 Å². The molecule has 0 bridgehead atoms. The minimum atomic E-state index is -0.615. The lowest BCUT2D eigenvalue weighted by Gasteiger charge is -2.10. The molecule has 0 radical (unpaired) electrons. The summed E-state index contributed by atoms with van der Waals surface area (Å²) in [4.78, 5) is 22.1. The third-order valence-corrected chi connectivity index (χ3v) is 2.43. The Morgan fingerprint density at radius 1 is 1.25 bits per heavy atom. The third-order valence-electron chi connectivity index (χ3n) is 2.43. The Kier molecular flexibility index (Phi) is 2.46. The van der Waals surface area contributed by atoms with Crippen molar-refractivity contribution in [3.63, 3.8) is 0 Å². The molecule has 0 atom stereocenters. The molecule has 0 unspecified atom stereocenters. The number of hydrogen-bond donors (Lipinski definition) is 3. The molecule has 82 valence electrons. The van der Waals surface area contributed by atoms with E-state index in [0.717, 1.165) is 11.3 Å². The van der Waals surface area contributed by atoms with Crippen LogP contribution in [0.5, 0.6) is 0 Å². The van der Waals surface area contributed by atoms with E-state index in [-0.39, 0.29) is 11.4 Å². The summed E-state index contributed by atoms with van der Waals surface area (Å²) in [6.07, 6.45) is 0. The lowest BCUT2D eigenvalue weighted by atomic mass is 10.1. The molecule has 0 aromatic heterocycles. The molecule has 16 heavy (non-hydrogen) atoms. The quantitative estimate of drug-likeness (QED) is 0.596. The van der Waals surface area contributed by atoms with Gasteiger partial charge in [-0.05, 0) is 12.1 Å². The molecule has 0 spiro atoms. The first-order chi connectivity index (χ1) is 7.63. The van der Waals surface area contributed by atoms with Crippen molar-refractivity contribution >= 4 is 17.1 Å². The van der Waals surface area contributed by atoms with Crippen molar-refractivity contribution < 1.29 is 5.73 Å². The maximum atomic E-state index is 11.2. The lowest BCUT2D eigenvalue weighted by molar-refractivity contribution is -0.386. The second-order valence-corrected chi connectivity index (χ2v) is 3.52. The first kappa shape index (κ1) is 10.4. The average Bonchev–Trinajstić information content (AvgIpc) is 2.34. The molecule has 0 aliphatic rings. The fourth-order valence-electron chi connectivity index (χ4n) is 1.48. The number of rotatable bonds is 3. The van der Waals surface area contributed by atoms with Gasteiger partial charge in [-0.3, -0.25) is 9.59 Å². The summed E-state index contributed by atoms with van der Waals surface area (Å²) in [5, 5.41) is 2.84. The van der Waals surface area contributed by atoms with Crippen LogP contribution in [0.4, 0.5) is 17.1 Å². The Bertz CT molecular complexity index is 597. The van der Waals surface area contributed by atoms with Crippen molar-refractivity contribution in [2.45, 2.75) is 6.54 Å². The van der Waals surface area contributed by atoms with Crippen LogP contribution in [0.25, 0.3) is 0 Å². The molecular weight excluding hydrogens is 206 g/mol. The molecule has 2 aromatic carbocycles. The van der Waals surface area contributed by atoms with Crippen LogP contribution in [0, 0.1) is 0 Å². The van der Waals surface area contributed by atoms with E-state index in [4.69, 9.17) is 5.73 Å². The highest BCUT2D eigenvalue weighted by molar-refractivity contribution is 5.76. The Hall–Kier alpha value is -2.14. The van der Waals surface area contributed by atoms with E-state index in [9.17, 15) is 9.59 Å². The molecule has 0 fully saturated rings. The van der Waals surface area contributed by atoms with Gasteiger partial charge in [0.25, 0.3) is 10.9 Å². The number of hydrogen-bond acceptors (Lipinski definition) is 4. The molecule has 0 saturated heterocycles. The van der Waals surface area contributed by atoms with Gasteiger partial charge in [0.05, 0.1) is 6.54 Å². The average molecular weight is 218 g/mol. The van der Waals surface area contributed by atoms with Crippen LogP contribution in [0.1, 0.15) is 5.56 Å². The van der Waals surface area contributed by atoms with Crippen LogP contribution in [0.2, 0.25) is 0 Å². The third kappa shape index (κ3) is 1.57. The van der Waals surface area contributed by atoms with Gasteiger partial charge in [-0.15, -0.1) is 0 Å². The summed E-state index contributed by atoms with van der Waals surface area (Å²) < 4.78 is 0. The maximum absolute atomic E-state index is 11.2. The first-order valence-electron chi connectivity index (χ1n) is 4.87. The van der Waals surface area contributed by atoms with E-state index < -0.39 is 10.9 Å². The predicted octanol–water partition coefficient (Wildman–Crippen LogP) is -0.650. The summed E-state index contributed by atoms with van der Waals surface area (Å²) in [6, 6.07) is 7.45. The predicted molar refractivity (Wildman–Crippen MR) is 62.1 cm³/mol. The molecular formula is C11H12N3O2+. The number of nitrogens with two attached hydrogens (primary N) is 1. The van der Waals surface area contributed by atoms with E-state index in [1.54, 1.807) is 6.07 Å². The molecule has 2 rings (SSSR count). The van der Waals surface area contributed by atoms with E-state index in [2.05, 4.69) is 11.1 Å². The Balaban J connectivity index is 2.28. The largest absolute Gasteiger partial charge is 0.394 e. The minimum absolute atomic E-state index is 0.00465. The number of nitrogens with one attached hydrogen (secondary N) is 1. The Morgan fingerprint density at radius 2 is 2.00 bits per heavy atom. The highest BCUT2D eigenvalue weighted by atomic mass is 16.2. The van der Waals surface area contributed by atoms with Crippen LogP contribution in [0.15, 0.2) is 33.9 Å². The lowest BCUT2D eigenvalue weighted by Crippen LogP contribution is -2.47. The van der Waals surface area contributed by atoms with Crippen LogP contribution in [-0.2, 0) is 6.54 Å². The monoisotopic (exact) mass is 218 g/mol. The van der Waals surface area contributed by atoms with Crippen molar-refractivity contribution in [3.05, 3.63) is 50.3 Å². The van der Waals surface area contributed by atoms with E-state index in [1.807, 2.05) is 18.2 Å². The number of anilines is 3. The molecule has 5 heteroatoms. The number of quaternary nitrogens is 1. The fourth-order valence-corrected chi connectivity index (χ4v) is 1.48. The highest BCUT2D eigenvalue weighted by Crippen LogP contribution is 2.18. The van der Waals surface area contributed by atoms with Gasteiger partial charge < -0.3 is 16.8 Å². The van der Waals surface area contributed by atoms with Crippen molar-refractivity contribution in [2.24, 2.45) is 0 Å². The second kappa shape index (κ2) is 3.79. The van der Waals surface area contributed by atoms with Gasteiger partial charge in [-0.25, -0.2) is 0 Å². The summed E-state index contributed by atoms with van der Waals surface area (Å²) in [6.45, 7) is 0.664. The van der Waals surface area contributed by atoms with Gasteiger partial charge in [0.2, 0.25) is 0 Å². The molecule has 2 aromatic rings. The van der Waals surface area contributed by atoms with Crippen molar-refractivity contribution in [1.29, 1.82) is 0 Å². The van der Waals surface area contributed by atoms with Crippen LogP contribution in [-0.4, -0.2) is 0 Å². The zero-order valence-electron chi connectivity index (χ0n) is 8.62. The van der Waals surface area contributed by atoms with Gasteiger partial charge in [-0.1, -0.05) is 12.1 Å². The first-order valence-corrected chi connectivity index (χ1v) is 4.87. The van der Waals surface area contributed by atoms with Crippen LogP contribution < -0.4 is 27.6 Å². The molecule has 5 nitrogen and oxygen atoms in total. The molecule has 0 aliphatic carbocycles. The van der Waals surface area contributed by atoms with Gasteiger partial charge in [0.15, 0.2) is 0 Å². The van der Waals surface area contributed by atoms with Gasteiger partial charge in [0.1, 0.15) is 11.4 Å². The maximum Gasteiger partial charge on any atom is 0.253 e. The second-order valence-electron chi connectivity index (χ2n) is 3.52. The molecule has 0 amide bonds. The summed E-state index contributed by atoms with van der Waals surface area (Å²) >= 11 is 0. The Labute approximate surface area is 91.4 Å². The number of nitrogen functional groups attached to an aromatic ring is 1.